The third-order valence-electron chi connectivity index (χ3n) is 1.72. The molecule has 1 aromatic carbocycles. The van der Waals surface area contributed by atoms with Crippen LogP contribution in [0.1, 0.15) is 6.92 Å². The van der Waals surface area contributed by atoms with E-state index in [1.165, 1.54) is 19.2 Å². The van der Waals surface area contributed by atoms with Crippen LogP contribution in [0.2, 0.25) is 0 Å². The number of methoxy groups -OCH3 is 1. The fourth-order valence-electron chi connectivity index (χ4n) is 1.12. The van der Waals surface area contributed by atoms with Gasteiger partial charge in [0.1, 0.15) is 0 Å². The first-order valence-corrected chi connectivity index (χ1v) is 5.94. The summed E-state index contributed by atoms with van der Waals surface area (Å²) in [6.07, 6.45) is -0.486. The molecule has 84 valence electrons. The Morgan fingerprint density at radius 1 is 1.27 bits per heavy atom. The third-order valence-corrected chi connectivity index (χ3v) is 3.16. The van der Waals surface area contributed by atoms with E-state index in [0.717, 1.165) is 0 Å². The van der Waals surface area contributed by atoms with Crippen molar-refractivity contribution in [2.24, 2.45) is 0 Å². The first-order valence-electron chi connectivity index (χ1n) is 4.53. The Labute approximate surface area is 90.0 Å². The molecule has 0 spiro atoms. The van der Waals surface area contributed by atoms with Gasteiger partial charge in [-0.15, -0.1) is 0 Å². The van der Waals surface area contributed by atoms with Crippen LogP contribution in [-0.2, 0) is 19.0 Å². The number of rotatable bonds is 5. The summed E-state index contributed by atoms with van der Waals surface area (Å²) in [5, 5.41) is 0. The third kappa shape index (κ3) is 3.62. The average molecular weight is 230 g/mol. The molecule has 0 amide bonds. The second-order valence-corrected chi connectivity index (χ2v) is 4.70. The van der Waals surface area contributed by atoms with Crippen molar-refractivity contribution in [3.63, 3.8) is 0 Å². The highest BCUT2D eigenvalue weighted by Gasteiger charge is 2.18. The van der Waals surface area contributed by atoms with E-state index in [0.29, 0.717) is 0 Å². The van der Waals surface area contributed by atoms with Crippen LogP contribution in [0.15, 0.2) is 35.2 Å². The molecule has 0 heterocycles. The SMILES string of the molecule is COCC(C)OS(=O)(=O)c1ccccc1. The minimum Gasteiger partial charge on any atom is -0.382 e. The molecule has 1 rings (SSSR count). The van der Waals surface area contributed by atoms with Crippen molar-refractivity contribution in [1.29, 1.82) is 0 Å². The smallest absolute Gasteiger partial charge is 0.297 e. The topological polar surface area (TPSA) is 52.6 Å². The Morgan fingerprint density at radius 2 is 1.87 bits per heavy atom. The maximum Gasteiger partial charge on any atom is 0.297 e. The number of hydrogen-bond donors (Lipinski definition) is 0. The van der Waals surface area contributed by atoms with E-state index in [9.17, 15) is 8.42 Å². The molecule has 0 fully saturated rings. The van der Waals surface area contributed by atoms with Gasteiger partial charge in [-0.3, -0.25) is 4.18 Å². The van der Waals surface area contributed by atoms with E-state index in [1.54, 1.807) is 25.1 Å². The summed E-state index contributed by atoms with van der Waals surface area (Å²) in [5.74, 6) is 0. The monoisotopic (exact) mass is 230 g/mol. The predicted molar refractivity (Wildman–Crippen MR) is 56.1 cm³/mol. The van der Waals surface area contributed by atoms with Crippen molar-refractivity contribution in [3.8, 4) is 0 Å². The summed E-state index contributed by atoms with van der Waals surface area (Å²) in [7, 11) is -2.17. The molecule has 15 heavy (non-hydrogen) atoms. The summed E-state index contributed by atoms with van der Waals surface area (Å²) in [4.78, 5) is 0.160. The van der Waals surface area contributed by atoms with Crippen LogP contribution in [0, 0.1) is 0 Å². The summed E-state index contributed by atoms with van der Waals surface area (Å²) in [5.41, 5.74) is 0. The van der Waals surface area contributed by atoms with Crippen molar-refractivity contribution < 1.29 is 17.3 Å². The molecule has 1 unspecified atom stereocenters. The number of benzene rings is 1. The molecule has 0 N–H and O–H groups in total. The lowest BCUT2D eigenvalue weighted by molar-refractivity contribution is 0.0962. The molecule has 0 bridgehead atoms. The molecule has 4 nitrogen and oxygen atoms in total. The van der Waals surface area contributed by atoms with Gasteiger partial charge >= 0.3 is 0 Å². The molecule has 0 saturated heterocycles. The van der Waals surface area contributed by atoms with E-state index in [4.69, 9.17) is 8.92 Å². The van der Waals surface area contributed by atoms with Crippen molar-refractivity contribution in [3.05, 3.63) is 30.3 Å². The summed E-state index contributed by atoms with van der Waals surface area (Å²) < 4.78 is 33.0. The van der Waals surface area contributed by atoms with Gasteiger partial charge in [0.25, 0.3) is 10.1 Å². The Bertz CT molecular complexity index is 385. The lowest BCUT2D eigenvalue weighted by Gasteiger charge is -2.11. The minimum absolute atomic E-state index is 0.160. The van der Waals surface area contributed by atoms with Gasteiger partial charge in [-0.25, -0.2) is 0 Å². The van der Waals surface area contributed by atoms with Crippen LogP contribution in [0.4, 0.5) is 0 Å². The highest BCUT2D eigenvalue weighted by atomic mass is 32.2. The van der Waals surface area contributed by atoms with Gasteiger partial charge in [-0.1, -0.05) is 18.2 Å². The van der Waals surface area contributed by atoms with E-state index in [1.807, 2.05) is 0 Å². The Balaban J connectivity index is 2.77. The molecule has 0 aromatic heterocycles. The molecular formula is C10H14O4S. The van der Waals surface area contributed by atoms with Gasteiger partial charge in [-0.2, -0.15) is 8.42 Å². The summed E-state index contributed by atoms with van der Waals surface area (Å²) >= 11 is 0. The van der Waals surface area contributed by atoms with Crippen molar-refractivity contribution in [2.75, 3.05) is 13.7 Å². The zero-order valence-corrected chi connectivity index (χ0v) is 9.53. The number of ether oxygens (including phenoxy) is 1. The second-order valence-electron chi connectivity index (χ2n) is 3.13. The van der Waals surface area contributed by atoms with Gasteiger partial charge in [0, 0.05) is 7.11 Å². The standard InChI is InChI=1S/C10H14O4S/c1-9(8-13-2)14-15(11,12)10-6-4-3-5-7-10/h3-7,9H,8H2,1-2H3. The first-order chi connectivity index (χ1) is 7.06. The van der Waals surface area contributed by atoms with Crippen molar-refractivity contribution in [2.45, 2.75) is 17.9 Å². The molecule has 1 aromatic rings. The van der Waals surface area contributed by atoms with Crippen LogP contribution in [-0.4, -0.2) is 28.2 Å². The Hall–Kier alpha value is -0.910. The molecule has 0 aliphatic heterocycles. The van der Waals surface area contributed by atoms with E-state index >= 15 is 0 Å². The lowest BCUT2D eigenvalue weighted by Crippen LogP contribution is -2.19. The summed E-state index contributed by atoms with van der Waals surface area (Å²) in [6.45, 7) is 1.88. The van der Waals surface area contributed by atoms with Crippen molar-refractivity contribution in [1.82, 2.24) is 0 Å². The zero-order valence-electron chi connectivity index (χ0n) is 8.71. The van der Waals surface area contributed by atoms with Crippen LogP contribution < -0.4 is 0 Å². The van der Waals surface area contributed by atoms with Gasteiger partial charge in [0.15, 0.2) is 0 Å². The summed E-state index contributed by atoms with van der Waals surface area (Å²) in [6, 6.07) is 8.04. The van der Waals surface area contributed by atoms with Crippen molar-refractivity contribution >= 4 is 10.1 Å². The van der Waals surface area contributed by atoms with Crippen LogP contribution in [0.3, 0.4) is 0 Å². The number of hydrogen-bond acceptors (Lipinski definition) is 4. The molecular weight excluding hydrogens is 216 g/mol. The second kappa shape index (κ2) is 5.25. The predicted octanol–water partition coefficient (Wildman–Crippen LogP) is 1.43. The fourth-order valence-corrected chi connectivity index (χ4v) is 2.21. The molecule has 0 aliphatic carbocycles. The largest absolute Gasteiger partial charge is 0.382 e. The lowest BCUT2D eigenvalue weighted by atomic mass is 10.4. The maximum atomic E-state index is 11.6. The molecule has 0 radical (unpaired) electrons. The molecule has 0 aliphatic rings. The zero-order chi connectivity index (χ0) is 11.3. The van der Waals surface area contributed by atoms with E-state index in [2.05, 4.69) is 0 Å². The maximum absolute atomic E-state index is 11.6. The normalized spacial score (nSPS) is 13.7. The molecule has 5 heteroatoms. The fraction of sp³-hybridized carbons (Fsp3) is 0.400. The minimum atomic E-state index is -3.66. The van der Waals surface area contributed by atoms with Crippen LogP contribution in [0.5, 0.6) is 0 Å². The van der Waals surface area contributed by atoms with Gasteiger partial charge in [0.05, 0.1) is 17.6 Å². The van der Waals surface area contributed by atoms with Gasteiger partial charge in [0.2, 0.25) is 0 Å². The average Bonchev–Trinajstić information content (AvgIpc) is 2.18. The van der Waals surface area contributed by atoms with E-state index < -0.39 is 16.2 Å². The first kappa shape index (κ1) is 12.2. The molecule has 0 saturated carbocycles. The van der Waals surface area contributed by atoms with E-state index in [-0.39, 0.29) is 11.5 Å². The van der Waals surface area contributed by atoms with Crippen LogP contribution in [0.25, 0.3) is 0 Å². The van der Waals surface area contributed by atoms with Gasteiger partial charge < -0.3 is 4.74 Å². The molecule has 1 atom stereocenters. The highest BCUT2D eigenvalue weighted by molar-refractivity contribution is 7.86. The highest BCUT2D eigenvalue weighted by Crippen LogP contribution is 2.13. The Morgan fingerprint density at radius 3 is 2.40 bits per heavy atom. The van der Waals surface area contributed by atoms with Crippen LogP contribution >= 0.6 is 0 Å². The quantitative estimate of drug-likeness (QED) is 0.718. The van der Waals surface area contributed by atoms with Gasteiger partial charge in [-0.05, 0) is 19.1 Å². The Kier molecular flexibility index (Phi) is 4.26.